The molecule has 0 saturated carbocycles. The average molecular weight is 454 g/mol. The maximum Gasteiger partial charge on any atom is 0.167 e. The summed E-state index contributed by atoms with van der Waals surface area (Å²) in [6.45, 7) is 15.0. The molecule has 0 radical (unpaired) electrons. The number of aromatic nitrogens is 3. The smallest absolute Gasteiger partial charge is 0.167 e. The van der Waals surface area contributed by atoms with Crippen molar-refractivity contribution in [2.75, 3.05) is 0 Å². The molecule has 0 saturated heterocycles. The van der Waals surface area contributed by atoms with Crippen LogP contribution in [0.3, 0.4) is 0 Å². The van der Waals surface area contributed by atoms with Gasteiger partial charge in [0, 0.05) is 11.1 Å². The predicted octanol–water partition coefficient (Wildman–Crippen LogP) is 7.92. The van der Waals surface area contributed by atoms with Crippen LogP contribution in [0.15, 0.2) is 66.7 Å². The topological polar surface area (TPSA) is 38.7 Å². The summed E-state index contributed by atoms with van der Waals surface area (Å²) in [6.07, 6.45) is 0. The summed E-state index contributed by atoms with van der Waals surface area (Å²) < 4.78 is 14.8. The molecule has 4 heteroatoms. The molecule has 4 aromatic rings. The fourth-order valence-electron chi connectivity index (χ4n) is 3.80. The lowest BCUT2D eigenvalue weighted by atomic mass is 9.86. The fourth-order valence-corrected chi connectivity index (χ4v) is 3.80. The van der Waals surface area contributed by atoms with Gasteiger partial charge in [-0.1, -0.05) is 102 Å². The van der Waals surface area contributed by atoms with E-state index in [1.807, 2.05) is 31.2 Å². The first-order valence-corrected chi connectivity index (χ1v) is 11.7. The van der Waals surface area contributed by atoms with Gasteiger partial charge < -0.3 is 0 Å². The number of benzene rings is 3. The summed E-state index contributed by atoms with van der Waals surface area (Å²) in [4.78, 5) is 14.2. The highest BCUT2D eigenvalue weighted by atomic mass is 19.1. The highest BCUT2D eigenvalue weighted by Crippen LogP contribution is 2.30. The normalized spacial score (nSPS) is 12.1. The van der Waals surface area contributed by atoms with Gasteiger partial charge in [-0.2, -0.15) is 0 Å². The van der Waals surface area contributed by atoms with E-state index >= 15 is 0 Å². The zero-order chi connectivity index (χ0) is 24.7. The summed E-state index contributed by atoms with van der Waals surface area (Å²) in [7, 11) is 0. The van der Waals surface area contributed by atoms with Gasteiger partial charge in [0.1, 0.15) is 5.82 Å². The van der Waals surface area contributed by atoms with Crippen LogP contribution >= 0.6 is 0 Å². The van der Waals surface area contributed by atoms with Crippen molar-refractivity contribution in [3.8, 4) is 34.2 Å². The van der Waals surface area contributed by atoms with Crippen molar-refractivity contribution in [1.82, 2.24) is 15.0 Å². The van der Waals surface area contributed by atoms with Crippen LogP contribution in [-0.2, 0) is 10.8 Å². The zero-order valence-corrected chi connectivity index (χ0v) is 21.1. The van der Waals surface area contributed by atoms with E-state index in [0.29, 0.717) is 23.0 Å². The highest BCUT2D eigenvalue weighted by molar-refractivity contribution is 5.67. The molecule has 0 spiro atoms. The van der Waals surface area contributed by atoms with Gasteiger partial charge in [0.25, 0.3) is 0 Å². The van der Waals surface area contributed by atoms with E-state index < -0.39 is 0 Å². The quantitative estimate of drug-likeness (QED) is 0.316. The van der Waals surface area contributed by atoms with E-state index in [-0.39, 0.29) is 16.6 Å². The number of aryl methyl sites for hydroxylation is 1. The Morgan fingerprint density at radius 1 is 0.559 bits per heavy atom. The van der Waals surface area contributed by atoms with Crippen molar-refractivity contribution < 1.29 is 4.39 Å². The molecule has 4 rings (SSSR count). The lowest BCUT2D eigenvalue weighted by molar-refractivity contribution is 0.590. The fraction of sp³-hybridized carbons (Fsp3) is 0.300. The standard InChI is InChI=1S/C30H32FN3/c1-19-8-17-25(31)24(18-19)28-33-26(20-9-13-22(14-10-20)29(2,3)4)32-27(34-28)21-11-15-23(16-12-21)30(5,6)7/h8-18H,1-7H3. The Morgan fingerprint density at radius 2 is 0.971 bits per heavy atom. The number of hydrogen-bond donors (Lipinski definition) is 0. The maximum atomic E-state index is 14.8. The minimum atomic E-state index is -0.347. The second kappa shape index (κ2) is 8.75. The monoisotopic (exact) mass is 453 g/mol. The molecular weight excluding hydrogens is 421 g/mol. The minimum absolute atomic E-state index is 0.0491. The van der Waals surface area contributed by atoms with Gasteiger partial charge in [0.05, 0.1) is 5.56 Å². The van der Waals surface area contributed by atoms with Crippen LogP contribution in [0.5, 0.6) is 0 Å². The van der Waals surface area contributed by atoms with Crippen LogP contribution in [0.2, 0.25) is 0 Å². The first-order valence-electron chi connectivity index (χ1n) is 11.7. The summed E-state index contributed by atoms with van der Waals surface area (Å²) in [5.74, 6) is 1.04. The third-order valence-corrected chi connectivity index (χ3v) is 6.02. The lowest BCUT2D eigenvalue weighted by Gasteiger charge is -2.19. The van der Waals surface area contributed by atoms with Crippen molar-refractivity contribution >= 4 is 0 Å². The third-order valence-electron chi connectivity index (χ3n) is 6.02. The molecule has 0 bridgehead atoms. The zero-order valence-electron chi connectivity index (χ0n) is 21.1. The molecule has 0 aliphatic carbocycles. The molecule has 1 aromatic heterocycles. The third kappa shape index (κ3) is 5.06. The number of rotatable bonds is 3. The van der Waals surface area contributed by atoms with Crippen molar-refractivity contribution in [3.63, 3.8) is 0 Å². The molecular formula is C30H32FN3. The highest BCUT2D eigenvalue weighted by Gasteiger charge is 2.18. The number of halogens is 1. The molecule has 0 aliphatic rings. The van der Waals surface area contributed by atoms with Crippen molar-refractivity contribution in [1.29, 1.82) is 0 Å². The molecule has 174 valence electrons. The molecule has 3 nitrogen and oxygen atoms in total. The van der Waals surface area contributed by atoms with Crippen LogP contribution in [0.25, 0.3) is 34.2 Å². The van der Waals surface area contributed by atoms with Gasteiger partial charge in [-0.15, -0.1) is 0 Å². The van der Waals surface area contributed by atoms with Gasteiger partial charge in [0.15, 0.2) is 17.5 Å². The van der Waals surface area contributed by atoms with E-state index in [9.17, 15) is 4.39 Å². The molecule has 34 heavy (non-hydrogen) atoms. The van der Waals surface area contributed by atoms with Crippen LogP contribution in [0.4, 0.5) is 4.39 Å². The lowest BCUT2D eigenvalue weighted by Crippen LogP contribution is -2.11. The Kier molecular flexibility index (Phi) is 6.11. The maximum absolute atomic E-state index is 14.8. The van der Waals surface area contributed by atoms with E-state index in [4.69, 9.17) is 4.98 Å². The van der Waals surface area contributed by atoms with Gasteiger partial charge >= 0.3 is 0 Å². The summed E-state index contributed by atoms with van der Waals surface area (Å²) in [5, 5.41) is 0. The SMILES string of the molecule is Cc1ccc(F)c(-c2nc(-c3ccc(C(C)(C)C)cc3)nc(-c3ccc(C(C)(C)C)cc3)n2)c1. The Balaban J connectivity index is 1.87. The minimum Gasteiger partial charge on any atom is -0.208 e. The van der Waals surface area contributed by atoms with Gasteiger partial charge in [-0.25, -0.2) is 19.3 Å². The Hall–Kier alpha value is -3.40. The van der Waals surface area contributed by atoms with Gasteiger partial charge in [-0.05, 0) is 41.0 Å². The second-order valence-corrected chi connectivity index (χ2v) is 10.9. The van der Waals surface area contributed by atoms with Crippen molar-refractivity contribution in [3.05, 3.63) is 89.2 Å². The van der Waals surface area contributed by atoms with Gasteiger partial charge in [0.2, 0.25) is 0 Å². The predicted molar refractivity (Wildman–Crippen MR) is 138 cm³/mol. The van der Waals surface area contributed by atoms with Gasteiger partial charge in [-0.3, -0.25) is 0 Å². The average Bonchev–Trinajstić information content (AvgIpc) is 2.79. The first-order chi connectivity index (χ1) is 15.9. The Bertz CT molecular complexity index is 1230. The van der Waals surface area contributed by atoms with E-state index in [1.54, 1.807) is 12.1 Å². The second-order valence-electron chi connectivity index (χ2n) is 10.9. The molecule has 0 fully saturated rings. The van der Waals surface area contributed by atoms with E-state index in [0.717, 1.165) is 16.7 Å². The number of nitrogens with zero attached hydrogens (tertiary/aromatic N) is 3. The molecule has 1 heterocycles. The van der Waals surface area contributed by atoms with Crippen LogP contribution in [-0.4, -0.2) is 15.0 Å². The molecule has 0 atom stereocenters. The largest absolute Gasteiger partial charge is 0.208 e. The molecule has 0 N–H and O–H groups in total. The van der Waals surface area contributed by atoms with Crippen molar-refractivity contribution in [2.45, 2.75) is 59.3 Å². The van der Waals surface area contributed by atoms with Crippen LogP contribution in [0.1, 0.15) is 58.2 Å². The first kappa shape index (κ1) is 23.7. The molecule has 3 aromatic carbocycles. The summed E-state index contributed by atoms with van der Waals surface area (Å²) in [5.41, 5.74) is 5.63. The van der Waals surface area contributed by atoms with E-state index in [1.165, 1.54) is 17.2 Å². The number of hydrogen-bond acceptors (Lipinski definition) is 3. The van der Waals surface area contributed by atoms with Crippen molar-refractivity contribution in [2.24, 2.45) is 0 Å². The summed E-state index contributed by atoms with van der Waals surface area (Å²) >= 11 is 0. The van der Waals surface area contributed by atoms with Crippen LogP contribution < -0.4 is 0 Å². The Labute approximate surface area is 202 Å². The van der Waals surface area contributed by atoms with E-state index in [2.05, 4.69) is 75.8 Å². The van der Waals surface area contributed by atoms with Crippen LogP contribution in [0, 0.1) is 12.7 Å². The molecule has 0 amide bonds. The summed E-state index contributed by atoms with van der Waals surface area (Å²) in [6, 6.07) is 21.5. The Morgan fingerprint density at radius 3 is 1.38 bits per heavy atom. The molecule has 0 aliphatic heterocycles. The molecule has 0 unspecified atom stereocenters.